The summed E-state index contributed by atoms with van der Waals surface area (Å²) in [6.45, 7) is 0. The molecule has 6 aromatic heterocycles. The van der Waals surface area contributed by atoms with Crippen LogP contribution in [-0.4, -0.2) is 29.9 Å². The first-order valence-corrected chi connectivity index (χ1v) is 38.5. The molecule has 0 unspecified atom stereocenters. The lowest BCUT2D eigenvalue weighted by Gasteiger charge is -2.16. The van der Waals surface area contributed by atoms with Crippen LogP contribution in [0.4, 0.5) is 0 Å². The molecule has 0 bridgehead atoms. The van der Waals surface area contributed by atoms with Gasteiger partial charge in [-0.15, -0.1) is 0 Å². The molecule has 0 amide bonds. The van der Waals surface area contributed by atoms with Gasteiger partial charge in [0.1, 0.15) is 0 Å². The SMILES string of the molecule is c1ccc(-c2cc(-c3ccc(-c4ccccn4)cc3)c3cc(-c4ccccc4)c4ccccc4c3n2)cc1.c1ccc(-c2cc(-c3ccc(-c4cccnc4)cc3)c3cc(-c4ccccc4)c4ccccc4c3n2)cc1.c1ccc(-c2cc(-c3ccc(-c4ccncc4)cc3)c3cc(-c4ccccc4)c4ccccc4c3n2)cc1. The lowest BCUT2D eigenvalue weighted by molar-refractivity contribution is 1.33. The molecule has 0 atom stereocenters. The fraction of sp³-hybridized carbons (Fsp3) is 0. The second-order valence-electron chi connectivity index (χ2n) is 28.4. The van der Waals surface area contributed by atoms with Crippen LogP contribution < -0.4 is 0 Å². The van der Waals surface area contributed by atoms with Crippen molar-refractivity contribution in [2.75, 3.05) is 0 Å². The minimum absolute atomic E-state index is 0.972. The van der Waals surface area contributed by atoms with E-state index in [1.165, 1.54) is 77.4 Å². The Hall–Kier alpha value is -15.2. The van der Waals surface area contributed by atoms with Crippen LogP contribution in [0.25, 0.3) is 199 Å². The molecule has 0 aliphatic carbocycles. The van der Waals surface area contributed by atoms with E-state index in [9.17, 15) is 0 Å². The molecule has 0 spiro atoms. The van der Waals surface area contributed by atoms with Crippen LogP contribution >= 0.6 is 0 Å². The minimum atomic E-state index is 0.972. The number of nitrogens with zero attached hydrogens (tertiary/aromatic N) is 6. The summed E-state index contributed by atoms with van der Waals surface area (Å²) in [6, 6.07) is 143. The highest BCUT2D eigenvalue weighted by atomic mass is 14.7. The van der Waals surface area contributed by atoms with Gasteiger partial charge in [0.05, 0.1) is 39.3 Å². The highest BCUT2D eigenvalue weighted by Crippen LogP contribution is 2.45. The molecule has 0 saturated heterocycles. The maximum atomic E-state index is 5.25. The molecular weight excluding hydrogens is 1380 g/mol. The predicted molar refractivity (Wildman–Crippen MR) is 476 cm³/mol. The molecule has 0 aliphatic heterocycles. The summed E-state index contributed by atoms with van der Waals surface area (Å²) in [6.07, 6.45) is 9.22. The lowest BCUT2D eigenvalue weighted by Crippen LogP contribution is -1.93. The molecule has 21 aromatic rings. The van der Waals surface area contributed by atoms with Crippen molar-refractivity contribution in [1.29, 1.82) is 0 Å². The van der Waals surface area contributed by atoms with E-state index < -0.39 is 0 Å². The molecule has 114 heavy (non-hydrogen) atoms. The van der Waals surface area contributed by atoms with E-state index in [-0.39, 0.29) is 0 Å². The quantitative estimate of drug-likeness (QED) is 0.113. The Morgan fingerprint density at radius 1 is 0.140 bits per heavy atom. The second kappa shape index (κ2) is 31.4. The third kappa shape index (κ3) is 14.0. The number of pyridine rings is 6. The Bertz CT molecular complexity index is 6310. The summed E-state index contributed by atoms with van der Waals surface area (Å²) < 4.78 is 0. The van der Waals surface area contributed by atoms with Gasteiger partial charge in [0, 0.05) is 85.6 Å². The van der Waals surface area contributed by atoms with Crippen molar-refractivity contribution in [2.45, 2.75) is 0 Å². The Kier molecular flexibility index (Phi) is 19.1. The van der Waals surface area contributed by atoms with Gasteiger partial charge in [-0.25, -0.2) is 15.0 Å². The van der Waals surface area contributed by atoms with Gasteiger partial charge in [-0.1, -0.05) is 340 Å². The third-order valence-corrected chi connectivity index (χ3v) is 21.5. The fourth-order valence-corrected chi connectivity index (χ4v) is 15.8. The zero-order chi connectivity index (χ0) is 75.9. The standard InChI is InChI=1S/3C36H24N2/c1-3-11-25(12-4-1)31-23-33-32(26-18-20-28(21-19-26)34-17-9-10-22-37-34)24-35(27-13-5-2-6-14-27)38-36(33)30-16-8-7-15-29(30)31;1-3-10-26(11-4-1)32-22-34-33(27-19-17-25(18-20-27)29-14-9-21-37-24-29)23-35(28-12-5-2-6-13-28)38-36(34)31-16-8-7-15-30(31)32;1-3-9-27(10-4-1)32-23-34-33(28-17-15-25(16-18-28)26-19-21-37-22-20-26)24-35(29-11-5-2-6-12-29)38-36(34)31-14-8-7-13-30(31)32/h3*1-24H. The van der Waals surface area contributed by atoms with Gasteiger partial charge in [0.25, 0.3) is 0 Å². The summed E-state index contributed by atoms with van der Waals surface area (Å²) in [4.78, 5) is 28.7. The van der Waals surface area contributed by atoms with E-state index in [0.29, 0.717) is 0 Å². The largest absolute Gasteiger partial charge is 0.265 e. The zero-order valence-electron chi connectivity index (χ0n) is 62.3. The molecule has 6 heteroatoms. The van der Waals surface area contributed by atoms with Crippen LogP contribution in [0.3, 0.4) is 0 Å². The van der Waals surface area contributed by atoms with Crippen molar-refractivity contribution in [3.05, 3.63) is 437 Å². The number of hydrogen-bond donors (Lipinski definition) is 0. The van der Waals surface area contributed by atoms with E-state index in [2.05, 4.69) is 367 Å². The summed E-state index contributed by atoms with van der Waals surface area (Å²) in [7, 11) is 0. The summed E-state index contributed by atoms with van der Waals surface area (Å²) in [5.74, 6) is 0. The summed E-state index contributed by atoms with van der Waals surface area (Å²) in [5.41, 5.74) is 30.3. The van der Waals surface area contributed by atoms with Crippen molar-refractivity contribution in [3.63, 3.8) is 0 Å². The monoisotopic (exact) mass is 1450 g/mol. The van der Waals surface area contributed by atoms with Crippen LogP contribution in [-0.2, 0) is 0 Å². The molecule has 0 fully saturated rings. The van der Waals surface area contributed by atoms with Crippen LogP contribution in [0.2, 0.25) is 0 Å². The number of benzene rings is 15. The van der Waals surface area contributed by atoms with Gasteiger partial charge in [-0.05, 0) is 172 Å². The van der Waals surface area contributed by atoms with Crippen LogP contribution in [0.15, 0.2) is 437 Å². The van der Waals surface area contributed by atoms with Gasteiger partial charge in [-0.2, -0.15) is 0 Å². The Balaban J connectivity index is 0.000000115. The molecule has 21 rings (SSSR count). The molecule has 6 nitrogen and oxygen atoms in total. The highest BCUT2D eigenvalue weighted by molar-refractivity contribution is 6.19. The second-order valence-corrected chi connectivity index (χ2v) is 28.4. The van der Waals surface area contributed by atoms with Gasteiger partial charge in [-0.3, -0.25) is 15.0 Å². The number of aromatic nitrogens is 6. The predicted octanol–water partition coefficient (Wildman–Crippen LogP) is 28.4. The Labute approximate surface area is 662 Å². The lowest BCUT2D eigenvalue weighted by atomic mass is 9.90. The van der Waals surface area contributed by atoms with Crippen molar-refractivity contribution in [1.82, 2.24) is 29.9 Å². The molecule has 0 radical (unpaired) electrons. The maximum absolute atomic E-state index is 5.25. The van der Waals surface area contributed by atoms with E-state index in [1.54, 1.807) is 6.20 Å². The highest BCUT2D eigenvalue weighted by Gasteiger charge is 2.21. The number of hydrogen-bond acceptors (Lipinski definition) is 6. The molecular formula is C108H72N6. The number of fused-ring (bicyclic) bond motifs is 9. The smallest absolute Gasteiger partial charge is 0.0794 e. The van der Waals surface area contributed by atoms with Gasteiger partial charge in [0.2, 0.25) is 0 Å². The average molecular weight is 1450 g/mol. The number of rotatable bonds is 12. The van der Waals surface area contributed by atoms with E-state index in [0.717, 1.165) is 122 Å². The fourth-order valence-electron chi connectivity index (χ4n) is 15.8. The van der Waals surface area contributed by atoms with Gasteiger partial charge < -0.3 is 0 Å². The minimum Gasteiger partial charge on any atom is -0.265 e. The van der Waals surface area contributed by atoms with E-state index in [4.69, 9.17) is 15.0 Å². The summed E-state index contributed by atoms with van der Waals surface area (Å²) >= 11 is 0. The van der Waals surface area contributed by atoms with Crippen molar-refractivity contribution >= 4 is 65.0 Å². The van der Waals surface area contributed by atoms with E-state index in [1.807, 2.05) is 79.4 Å². The summed E-state index contributed by atoms with van der Waals surface area (Å²) in [5, 5.41) is 10.6. The zero-order valence-corrected chi connectivity index (χ0v) is 62.3. The van der Waals surface area contributed by atoms with Crippen molar-refractivity contribution in [2.24, 2.45) is 0 Å². The Morgan fingerprint density at radius 3 is 0.737 bits per heavy atom. The van der Waals surface area contributed by atoms with Gasteiger partial charge >= 0.3 is 0 Å². The molecule has 0 N–H and O–H groups in total. The first-order chi connectivity index (χ1) is 56.5. The molecule has 15 aromatic carbocycles. The topological polar surface area (TPSA) is 77.3 Å². The van der Waals surface area contributed by atoms with Crippen molar-refractivity contribution in [3.8, 4) is 134 Å². The van der Waals surface area contributed by atoms with Crippen LogP contribution in [0.5, 0.6) is 0 Å². The average Bonchev–Trinajstić information content (AvgIpc) is 0.751. The molecule has 534 valence electrons. The first-order valence-electron chi connectivity index (χ1n) is 38.5. The molecule has 6 heterocycles. The van der Waals surface area contributed by atoms with E-state index >= 15 is 0 Å². The van der Waals surface area contributed by atoms with Crippen molar-refractivity contribution < 1.29 is 0 Å². The van der Waals surface area contributed by atoms with Crippen LogP contribution in [0.1, 0.15) is 0 Å². The Morgan fingerprint density at radius 2 is 0.404 bits per heavy atom. The van der Waals surface area contributed by atoms with Gasteiger partial charge in [0.15, 0.2) is 0 Å². The molecule has 0 aliphatic rings. The molecule has 0 saturated carbocycles. The first kappa shape index (κ1) is 69.2. The maximum Gasteiger partial charge on any atom is 0.0794 e. The normalized spacial score (nSPS) is 11.2. The van der Waals surface area contributed by atoms with Crippen LogP contribution in [0, 0.1) is 0 Å². The third-order valence-electron chi connectivity index (χ3n) is 21.5.